The highest BCUT2D eigenvalue weighted by Gasteiger charge is 2.08. The summed E-state index contributed by atoms with van der Waals surface area (Å²) in [6, 6.07) is 21.0. The van der Waals surface area contributed by atoms with Crippen LogP contribution in [0.3, 0.4) is 0 Å². The van der Waals surface area contributed by atoms with Crippen LogP contribution < -0.4 is 10.1 Å². The molecule has 0 saturated carbocycles. The molecule has 0 radical (unpaired) electrons. The number of benzene rings is 3. The van der Waals surface area contributed by atoms with Crippen LogP contribution in [0.5, 0.6) is 5.75 Å². The highest BCUT2D eigenvalue weighted by molar-refractivity contribution is 5.93. The van der Waals surface area contributed by atoms with Gasteiger partial charge >= 0.3 is 0 Å². The fourth-order valence-corrected chi connectivity index (χ4v) is 2.84. The molecule has 6 nitrogen and oxygen atoms in total. The monoisotopic (exact) mass is 372 g/mol. The Morgan fingerprint density at radius 3 is 2.50 bits per heavy atom. The van der Waals surface area contributed by atoms with Gasteiger partial charge in [0.25, 0.3) is 5.91 Å². The Morgan fingerprint density at radius 1 is 0.929 bits per heavy atom. The van der Waals surface area contributed by atoms with Crippen molar-refractivity contribution in [2.45, 2.75) is 13.8 Å². The Bertz CT molecular complexity index is 1130. The van der Waals surface area contributed by atoms with Crippen molar-refractivity contribution in [3.63, 3.8) is 0 Å². The third-order valence-corrected chi connectivity index (χ3v) is 4.29. The average Bonchev–Trinajstić information content (AvgIpc) is 3.10. The Labute approximate surface area is 162 Å². The van der Waals surface area contributed by atoms with Gasteiger partial charge in [0.1, 0.15) is 16.8 Å². The molecule has 4 aromatic rings. The maximum absolute atomic E-state index is 12.2. The number of hydrogen-bond acceptors (Lipinski definition) is 4. The molecule has 0 saturated heterocycles. The van der Waals surface area contributed by atoms with E-state index < -0.39 is 0 Å². The van der Waals surface area contributed by atoms with Crippen molar-refractivity contribution < 1.29 is 9.53 Å². The first kappa shape index (κ1) is 17.7. The lowest BCUT2D eigenvalue weighted by molar-refractivity contribution is -0.118. The number of amides is 1. The van der Waals surface area contributed by atoms with Crippen LogP contribution in [0.1, 0.15) is 11.1 Å². The number of nitrogens with zero attached hydrogens (tertiary/aromatic N) is 3. The molecule has 0 atom stereocenters. The number of nitrogens with one attached hydrogen (secondary N) is 1. The predicted molar refractivity (Wildman–Crippen MR) is 109 cm³/mol. The van der Waals surface area contributed by atoms with E-state index in [4.69, 9.17) is 4.74 Å². The first-order chi connectivity index (χ1) is 13.6. The van der Waals surface area contributed by atoms with Gasteiger partial charge in [-0.15, -0.1) is 10.2 Å². The van der Waals surface area contributed by atoms with E-state index in [9.17, 15) is 4.79 Å². The molecule has 4 rings (SSSR count). The molecule has 0 aliphatic carbocycles. The van der Waals surface area contributed by atoms with Crippen LogP contribution in [0.15, 0.2) is 66.7 Å². The van der Waals surface area contributed by atoms with Crippen molar-refractivity contribution in [2.24, 2.45) is 0 Å². The molecule has 6 heteroatoms. The third kappa shape index (κ3) is 4.01. The summed E-state index contributed by atoms with van der Waals surface area (Å²) < 4.78 is 5.54. The molecule has 0 unspecified atom stereocenters. The maximum Gasteiger partial charge on any atom is 0.262 e. The number of carbonyl (C=O) groups is 1. The zero-order valence-corrected chi connectivity index (χ0v) is 15.7. The van der Waals surface area contributed by atoms with Crippen molar-refractivity contribution in [2.75, 3.05) is 11.9 Å². The number of aryl methyl sites for hydroxylation is 2. The first-order valence-electron chi connectivity index (χ1n) is 9.00. The molecule has 28 heavy (non-hydrogen) atoms. The topological polar surface area (TPSA) is 69.0 Å². The quantitative estimate of drug-likeness (QED) is 0.574. The van der Waals surface area contributed by atoms with Gasteiger partial charge < -0.3 is 10.1 Å². The number of ether oxygens (including phenoxy) is 1. The lowest BCUT2D eigenvalue weighted by Gasteiger charge is -2.08. The van der Waals surface area contributed by atoms with E-state index in [0.717, 1.165) is 16.8 Å². The minimum atomic E-state index is -0.230. The molecule has 0 bridgehead atoms. The lowest BCUT2D eigenvalue weighted by Crippen LogP contribution is -2.20. The summed E-state index contributed by atoms with van der Waals surface area (Å²) in [7, 11) is 0. The number of aromatic nitrogens is 3. The number of anilines is 1. The fourth-order valence-electron chi connectivity index (χ4n) is 2.84. The molecule has 1 heterocycles. The highest BCUT2D eigenvalue weighted by atomic mass is 16.5. The van der Waals surface area contributed by atoms with E-state index in [0.29, 0.717) is 17.0 Å². The van der Waals surface area contributed by atoms with Crippen molar-refractivity contribution in [3.8, 4) is 11.4 Å². The maximum atomic E-state index is 12.2. The summed E-state index contributed by atoms with van der Waals surface area (Å²) in [6.07, 6.45) is 0. The Balaban J connectivity index is 1.45. The summed E-state index contributed by atoms with van der Waals surface area (Å²) in [6.45, 7) is 3.96. The average molecular weight is 372 g/mol. The van der Waals surface area contributed by atoms with Gasteiger partial charge in [0.15, 0.2) is 6.61 Å². The van der Waals surface area contributed by atoms with Gasteiger partial charge in [-0.05, 0) is 61.9 Å². The van der Waals surface area contributed by atoms with Crippen LogP contribution >= 0.6 is 0 Å². The van der Waals surface area contributed by atoms with Crippen LogP contribution in [-0.2, 0) is 4.79 Å². The SMILES string of the molecule is Cc1ccc(-n2nc3ccc(NC(=O)COc4cccc(C)c4)cc3n2)cc1. The third-order valence-electron chi connectivity index (χ3n) is 4.29. The van der Waals surface area contributed by atoms with Gasteiger partial charge in [0, 0.05) is 5.69 Å². The minimum Gasteiger partial charge on any atom is -0.484 e. The van der Waals surface area contributed by atoms with Crippen LogP contribution in [0.25, 0.3) is 16.7 Å². The van der Waals surface area contributed by atoms with Gasteiger partial charge in [0.2, 0.25) is 0 Å². The molecule has 1 N–H and O–H groups in total. The standard InChI is InChI=1S/C22H20N4O2/c1-15-6-9-18(10-7-15)26-24-20-11-8-17(13-21(20)25-26)23-22(27)14-28-19-5-3-4-16(2)12-19/h3-13H,14H2,1-2H3,(H,23,27). The summed E-state index contributed by atoms with van der Waals surface area (Å²) in [5, 5.41) is 11.8. The van der Waals surface area contributed by atoms with Crippen LogP contribution in [0, 0.1) is 13.8 Å². The molecule has 1 amide bonds. The highest BCUT2D eigenvalue weighted by Crippen LogP contribution is 2.18. The van der Waals surface area contributed by atoms with E-state index in [1.165, 1.54) is 5.56 Å². The van der Waals surface area contributed by atoms with Crippen LogP contribution in [0.4, 0.5) is 5.69 Å². The van der Waals surface area contributed by atoms with Gasteiger partial charge in [-0.1, -0.05) is 29.8 Å². The molecule has 1 aromatic heterocycles. The second kappa shape index (κ2) is 7.52. The molecule has 0 spiro atoms. The molecule has 140 valence electrons. The number of rotatable bonds is 5. The van der Waals surface area contributed by atoms with Gasteiger partial charge in [-0.25, -0.2) is 0 Å². The smallest absolute Gasteiger partial charge is 0.262 e. The van der Waals surface area contributed by atoms with Crippen LogP contribution in [0.2, 0.25) is 0 Å². The van der Waals surface area contributed by atoms with E-state index in [2.05, 4.69) is 15.5 Å². The van der Waals surface area contributed by atoms with Gasteiger partial charge in [0.05, 0.1) is 5.69 Å². The molecular weight excluding hydrogens is 352 g/mol. The van der Waals surface area contributed by atoms with E-state index in [1.807, 2.05) is 68.4 Å². The number of fused-ring (bicyclic) bond motifs is 1. The van der Waals surface area contributed by atoms with Gasteiger partial charge in [-0.2, -0.15) is 4.80 Å². The summed E-state index contributed by atoms with van der Waals surface area (Å²) in [5.41, 5.74) is 5.27. The fraction of sp³-hybridized carbons (Fsp3) is 0.136. The minimum absolute atomic E-state index is 0.0580. The normalized spacial score (nSPS) is 10.8. The number of carbonyl (C=O) groups excluding carboxylic acids is 1. The summed E-state index contributed by atoms with van der Waals surface area (Å²) in [5.74, 6) is 0.443. The zero-order valence-electron chi connectivity index (χ0n) is 15.7. The summed E-state index contributed by atoms with van der Waals surface area (Å²) >= 11 is 0. The molecule has 0 aliphatic heterocycles. The Morgan fingerprint density at radius 2 is 1.71 bits per heavy atom. The lowest BCUT2D eigenvalue weighted by atomic mass is 10.2. The van der Waals surface area contributed by atoms with Crippen LogP contribution in [-0.4, -0.2) is 27.5 Å². The largest absolute Gasteiger partial charge is 0.484 e. The second-order valence-corrected chi connectivity index (χ2v) is 6.68. The summed E-state index contributed by atoms with van der Waals surface area (Å²) in [4.78, 5) is 13.8. The molecule has 0 aliphatic rings. The molecule has 3 aromatic carbocycles. The molecular formula is C22H20N4O2. The molecule has 0 fully saturated rings. The number of hydrogen-bond donors (Lipinski definition) is 1. The van der Waals surface area contributed by atoms with Crippen molar-refractivity contribution >= 4 is 22.6 Å². The van der Waals surface area contributed by atoms with E-state index in [-0.39, 0.29) is 12.5 Å². The second-order valence-electron chi connectivity index (χ2n) is 6.68. The zero-order chi connectivity index (χ0) is 19.5. The van der Waals surface area contributed by atoms with E-state index in [1.54, 1.807) is 16.9 Å². The van der Waals surface area contributed by atoms with E-state index >= 15 is 0 Å². The van der Waals surface area contributed by atoms with Gasteiger partial charge in [-0.3, -0.25) is 4.79 Å². The predicted octanol–water partition coefficient (Wildman–Crippen LogP) is 4.05. The van der Waals surface area contributed by atoms with Crippen molar-refractivity contribution in [1.82, 2.24) is 15.0 Å². The Hall–Kier alpha value is -3.67. The van der Waals surface area contributed by atoms with Crippen molar-refractivity contribution in [3.05, 3.63) is 77.9 Å². The van der Waals surface area contributed by atoms with Crippen molar-refractivity contribution in [1.29, 1.82) is 0 Å². The Kier molecular flexibility index (Phi) is 4.76. The first-order valence-corrected chi connectivity index (χ1v) is 9.00.